The van der Waals surface area contributed by atoms with Gasteiger partial charge in [-0.3, -0.25) is 0 Å². The number of para-hydroxylation sites is 1. The smallest absolute Gasteiger partial charge is 0.170 e. The molecule has 0 unspecified atom stereocenters. The average Bonchev–Trinajstić information content (AvgIpc) is 2.46. The molecule has 0 aliphatic carbocycles. The number of oxime groups is 1. The van der Waals surface area contributed by atoms with Crippen LogP contribution in [-0.2, 0) is 6.61 Å². The van der Waals surface area contributed by atoms with Crippen LogP contribution >= 0.6 is 0 Å². The van der Waals surface area contributed by atoms with Crippen LogP contribution in [0.3, 0.4) is 0 Å². The van der Waals surface area contributed by atoms with Crippen LogP contribution in [0.5, 0.6) is 5.75 Å². The molecule has 3 N–H and O–H groups in total. The zero-order valence-electron chi connectivity index (χ0n) is 10.4. The summed E-state index contributed by atoms with van der Waals surface area (Å²) in [5, 5.41) is 11.5. The highest BCUT2D eigenvalue weighted by molar-refractivity contribution is 5.98. The standard InChI is InChI=1S/C14H12F2N2O2/c15-10-6-5-9(11(7-10)14(17)18-19)8-20-13-4-2-1-3-12(13)16/h1-7,19H,8H2,(H2,17,18). The van der Waals surface area contributed by atoms with E-state index in [1.807, 2.05) is 0 Å². The van der Waals surface area contributed by atoms with Crippen molar-refractivity contribution in [2.45, 2.75) is 6.61 Å². The number of halogens is 2. The fourth-order valence-electron chi connectivity index (χ4n) is 1.68. The molecule has 0 amide bonds. The maximum atomic E-state index is 13.4. The first-order valence-electron chi connectivity index (χ1n) is 5.75. The molecule has 0 saturated carbocycles. The Bertz CT molecular complexity index is 645. The van der Waals surface area contributed by atoms with Crippen molar-refractivity contribution in [3.05, 3.63) is 65.2 Å². The van der Waals surface area contributed by atoms with Crippen molar-refractivity contribution in [3.63, 3.8) is 0 Å². The Morgan fingerprint density at radius 1 is 1.20 bits per heavy atom. The highest BCUT2D eigenvalue weighted by Gasteiger charge is 2.10. The van der Waals surface area contributed by atoms with Crippen LogP contribution in [0.2, 0.25) is 0 Å². The van der Waals surface area contributed by atoms with E-state index in [4.69, 9.17) is 15.7 Å². The second-order valence-electron chi connectivity index (χ2n) is 4.01. The third-order valence-corrected chi connectivity index (χ3v) is 2.68. The van der Waals surface area contributed by atoms with Gasteiger partial charge in [0.2, 0.25) is 0 Å². The van der Waals surface area contributed by atoms with Gasteiger partial charge in [0.1, 0.15) is 12.4 Å². The number of benzene rings is 2. The SMILES string of the molecule is NC(=NO)c1cc(F)ccc1COc1ccccc1F. The average molecular weight is 278 g/mol. The molecule has 20 heavy (non-hydrogen) atoms. The Morgan fingerprint density at radius 2 is 1.95 bits per heavy atom. The molecule has 0 aromatic heterocycles. The molecule has 4 nitrogen and oxygen atoms in total. The third-order valence-electron chi connectivity index (χ3n) is 2.68. The molecule has 0 fully saturated rings. The van der Waals surface area contributed by atoms with E-state index in [-0.39, 0.29) is 23.8 Å². The lowest BCUT2D eigenvalue weighted by Crippen LogP contribution is -2.17. The topological polar surface area (TPSA) is 67.8 Å². The quantitative estimate of drug-likeness (QED) is 0.391. The van der Waals surface area contributed by atoms with Crippen LogP contribution in [0, 0.1) is 11.6 Å². The van der Waals surface area contributed by atoms with E-state index < -0.39 is 11.6 Å². The summed E-state index contributed by atoms with van der Waals surface area (Å²) in [6.07, 6.45) is 0. The highest BCUT2D eigenvalue weighted by Crippen LogP contribution is 2.19. The molecule has 0 bridgehead atoms. The van der Waals surface area contributed by atoms with Crippen LogP contribution in [0.25, 0.3) is 0 Å². The molecule has 2 rings (SSSR count). The summed E-state index contributed by atoms with van der Waals surface area (Å²) in [5.74, 6) is -1.19. The Labute approximate surface area is 114 Å². The van der Waals surface area contributed by atoms with Crippen LogP contribution in [0.15, 0.2) is 47.6 Å². The van der Waals surface area contributed by atoms with Gasteiger partial charge in [-0.2, -0.15) is 0 Å². The van der Waals surface area contributed by atoms with Crippen LogP contribution < -0.4 is 10.5 Å². The molecular weight excluding hydrogens is 266 g/mol. The van der Waals surface area contributed by atoms with Gasteiger partial charge in [-0.15, -0.1) is 0 Å². The summed E-state index contributed by atoms with van der Waals surface area (Å²) < 4.78 is 31.9. The van der Waals surface area contributed by atoms with E-state index in [9.17, 15) is 8.78 Å². The van der Waals surface area contributed by atoms with Crippen molar-refractivity contribution in [2.24, 2.45) is 10.9 Å². The van der Waals surface area contributed by atoms with Crippen molar-refractivity contribution in [1.29, 1.82) is 0 Å². The minimum atomic E-state index is -0.527. The van der Waals surface area contributed by atoms with E-state index >= 15 is 0 Å². The predicted octanol–water partition coefficient (Wildman–Crippen LogP) is 2.64. The van der Waals surface area contributed by atoms with Gasteiger partial charge in [0.15, 0.2) is 17.4 Å². The molecule has 6 heteroatoms. The summed E-state index contributed by atoms with van der Waals surface area (Å²) in [6.45, 7) is -0.0350. The predicted molar refractivity (Wildman–Crippen MR) is 69.6 cm³/mol. The summed E-state index contributed by atoms with van der Waals surface area (Å²) in [6, 6.07) is 9.69. The molecular formula is C14H12F2N2O2. The molecule has 2 aromatic rings. The van der Waals surface area contributed by atoms with Crippen molar-refractivity contribution < 1.29 is 18.7 Å². The number of amidine groups is 1. The Hall–Kier alpha value is -2.63. The van der Waals surface area contributed by atoms with Gasteiger partial charge in [0, 0.05) is 11.1 Å². The molecule has 0 aliphatic rings. The van der Waals surface area contributed by atoms with Gasteiger partial charge >= 0.3 is 0 Å². The van der Waals surface area contributed by atoms with Crippen molar-refractivity contribution in [2.75, 3.05) is 0 Å². The molecule has 104 valence electrons. The van der Waals surface area contributed by atoms with Crippen molar-refractivity contribution >= 4 is 5.84 Å². The monoisotopic (exact) mass is 278 g/mol. The van der Waals surface area contributed by atoms with E-state index in [2.05, 4.69) is 5.16 Å². The first kappa shape index (κ1) is 13.8. The number of rotatable bonds is 4. The van der Waals surface area contributed by atoms with Gasteiger partial charge < -0.3 is 15.7 Å². The van der Waals surface area contributed by atoms with E-state index in [1.165, 1.54) is 24.3 Å². The summed E-state index contributed by atoms with van der Waals surface area (Å²) in [7, 11) is 0. The van der Waals surface area contributed by atoms with Crippen molar-refractivity contribution in [3.8, 4) is 5.75 Å². The van der Waals surface area contributed by atoms with E-state index in [0.717, 1.165) is 6.07 Å². The van der Waals surface area contributed by atoms with Crippen LogP contribution in [0.1, 0.15) is 11.1 Å². The zero-order valence-corrected chi connectivity index (χ0v) is 10.4. The fraction of sp³-hybridized carbons (Fsp3) is 0.0714. The lowest BCUT2D eigenvalue weighted by molar-refractivity contribution is 0.289. The number of hydrogen-bond acceptors (Lipinski definition) is 3. The molecule has 0 spiro atoms. The van der Waals surface area contributed by atoms with E-state index in [1.54, 1.807) is 12.1 Å². The molecule has 2 aromatic carbocycles. The lowest BCUT2D eigenvalue weighted by Gasteiger charge is -2.11. The number of ether oxygens (including phenoxy) is 1. The fourth-order valence-corrected chi connectivity index (χ4v) is 1.68. The molecule has 0 aliphatic heterocycles. The van der Waals surface area contributed by atoms with Gasteiger partial charge in [-0.1, -0.05) is 23.4 Å². The van der Waals surface area contributed by atoms with Crippen LogP contribution in [-0.4, -0.2) is 11.0 Å². The number of hydrogen-bond donors (Lipinski definition) is 2. The van der Waals surface area contributed by atoms with Gasteiger partial charge in [0.25, 0.3) is 0 Å². The largest absolute Gasteiger partial charge is 0.486 e. The lowest BCUT2D eigenvalue weighted by atomic mass is 10.1. The second-order valence-corrected chi connectivity index (χ2v) is 4.01. The number of nitrogens with two attached hydrogens (primary N) is 1. The minimum Gasteiger partial charge on any atom is -0.486 e. The molecule has 0 atom stereocenters. The van der Waals surface area contributed by atoms with Gasteiger partial charge in [-0.05, 0) is 24.3 Å². The summed E-state index contributed by atoms with van der Waals surface area (Å²) >= 11 is 0. The first-order valence-corrected chi connectivity index (χ1v) is 5.75. The van der Waals surface area contributed by atoms with Gasteiger partial charge in [-0.25, -0.2) is 8.78 Å². The summed E-state index contributed by atoms with van der Waals surface area (Å²) in [4.78, 5) is 0. The molecule has 0 heterocycles. The molecule has 0 radical (unpaired) electrons. The second kappa shape index (κ2) is 6.01. The Kier molecular flexibility index (Phi) is 4.14. The van der Waals surface area contributed by atoms with Crippen molar-refractivity contribution in [1.82, 2.24) is 0 Å². The number of nitrogens with zero attached hydrogens (tertiary/aromatic N) is 1. The third kappa shape index (κ3) is 3.03. The minimum absolute atomic E-state index is 0.0350. The Morgan fingerprint density at radius 3 is 2.65 bits per heavy atom. The zero-order chi connectivity index (χ0) is 14.5. The summed E-state index contributed by atoms with van der Waals surface area (Å²) in [5.41, 5.74) is 6.14. The maximum absolute atomic E-state index is 13.4. The highest BCUT2D eigenvalue weighted by atomic mass is 19.1. The van der Waals surface area contributed by atoms with Crippen LogP contribution in [0.4, 0.5) is 8.78 Å². The first-order chi connectivity index (χ1) is 9.61. The van der Waals surface area contributed by atoms with Gasteiger partial charge in [0.05, 0.1) is 0 Å². The Balaban J connectivity index is 2.24. The molecule has 0 saturated heterocycles. The normalized spacial score (nSPS) is 11.4. The van der Waals surface area contributed by atoms with E-state index in [0.29, 0.717) is 5.56 Å². The maximum Gasteiger partial charge on any atom is 0.170 e.